The van der Waals surface area contributed by atoms with Gasteiger partial charge in [-0.3, -0.25) is 9.59 Å². The summed E-state index contributed by atoms with van der Waals surface area (Å²) in [7, 11) is 0. The van der Waals surface area contributed by atoms with Crippen LogP contribution in [0.25, 0.3) is 0 Å². The van der Waals surface area contributed by atoms with Gasteiger partial charge in [-0.1, -0.05) is 24.3 Å². The van der Waals surface area contributed by atoms with Gasteiger partial charge in [0.15, 0.2) is 34.6 Å². The first kappa shape index (κ1) is 21.5. The van der Waals surface area contributed by atoms with Crippen molar-refractivity contribution in [3.63, 3.8) is 0 Å². The second-order valence-electron chi connectivity index (χ2n) is 6.46. The number of hydrogen-bond donors (Lipinski definition) is 6. The van der Waals surface area contributed by atoms with Crippen LogP contribution >= 0.6 is 0 Å². The van der Waals surface area contributed by atoms with Gasteiger partial charge in [-0.25, -0.2) is 0 Å². The molecular formula is C22H12N2O8. The second-order valence-corrected chi connectivity index (χ2v) is 6.46. The topological polar surface area (TPSA) is 203 Å². The number of phenols is 6. The van der Waals surface area contributed by atoms with Gasteiger partial charge >= 0.3 is 0 Å². The number of aromatic hydroxyl groups is 6. The highest BCUT2D eigenvalue weighted by Gasteiger charge is 2.28. The minimum Gasteiger partial charge on any atom is -0.504 e. The van der Waals surface area contributed by atoms with Crippen molar-refractivity contribution in [2.45, 2.75) is 0 Å². The summed E-state index contributed by atoms with van der Waals surface area (Å²) in [5, 5.41) is 77.3. The predicted octanol–water partition coefficient (Wildman–Crippen LogP) is 2.13. The van der Waals surface area contributed by atoms with Crippen molar-refractivity contribution in [3.05, 3.63) is 69.8 Å². The molecule has 32 heavy (non-hydrogen) atoms. The summed E-state index contributed by atoms with van der Waals surface area (Å²) in [6.07, 6.45) is 0. The highest BCUT2D eigenvalue weighted by Crippen LogP contribution is 2.42. The number of rotatable bonds is 4. The Morgan fingerprint density at radius 2 is 0.906 bits per heavy atom. The van der Waals surface area contributed by atoms with Gasteiger partial charge in [-0.05, 0) is 12.1 Å². The van der Waals surface area contributed by atoms with Crippen LogP contribution < -0.4 is 0 Å². The minimum absolute atomic E-state index is 0.327. The van der Waals surface area contributed by atoms with E-state index in [1.54, 1.807) is 12.1 Å². The van der Waals surface area contributed by atoms with Crippen molar-refractivity contribution < 1.29 is 40.2 Å². The first-order valence-corrected chi connectivity index (χ1v) is 8.68. The van der Waals surface area contributed by atoms with Crippen LogP contribution in [0.5, 0.6) is 34.5 Å². The molecule has 0 saturated carbocycles. The third-order valence-electron chi connectivity index (χ3n) is 4.64. The van der Waals surface area contributed by atoms with Gasteiger partial charge in [0.25, 0.3) is 0 Å². The summed E-state index contributed by atoms with van der Waals surface area (Å²) >= 11 is 0. The fourth-order valence-electron chi connectivity index (χ4n) is 2.98. The molecular weight excluding hydrogens is 420 g/mol. The highest BCUT2D eigenvalue weighted by molar-refractivity contribution is 6.21. The van der Waals surface area contributed by atoms with Gasteiger partial charge in [-0.2, -0.15) is 10.5 Å². The summed E-state index contributed by atoms with van der Waals surface area (Å²) < 4.78 is 0. The van der Waals surface area contributed by atoms with Crippen LogP contribution in [-0.2, 0) is 0 Å². The zero-order valence-corrected chi connectivity index (χ0v) is 15.9. The summed E-state index contributed by atoms with van der Waals surface area (Å²) in [6, 6.07) is 9.88. The Bertz CT molecular complexity index is 1290. The van der Waals surface area contributed by atoms with Crippen molar-refractivity contribution in [2.24, 2.45) is 0 Å². The molecule has 158 valence electrons. The van der Waals surface area contributed by atoms with Crippen molar-refractivity contribution in [3.8, 4) is 46.6 Å². The summed E-state index contributed by atoms with van der Waals surface area (Å²) in [5.41, 5.74) is -2.85. The maximum Gasteiger partial charge on any atom is 0.202 e. The molecule has 0 heterocycles. The van der Waals surface area contributed by atoms with Crippen LogP contribution in [0.3, 0.4) is 0 Å². The van der Waals surface area contributed by atoms with Gasteiger partial charge < -0.3 is 30.6 Å². The average Bonchev–Trinajstić information content (AvgIpc) is 2.80. The molecule has 0 amide bonds. The fraction of sp³-hybridized carbons (Fsp3) is 0. The predicted molar refractivity (Wildman–Crippen MR) is 106 cm³/mol. The molecule has 0 spiro atoms. The Labute approximate surface area is 179 Å². The Balaban J connectivity index is 2.21. The van der Waals surface area contributed by atoms with Gasteiger partial charge in [0.2, 0.25) is 11.5 Å². The number of hydrogen-bond acceptors (Lipinski definition) is 10. The second kappa shape index (κ2) is 7.89. The molecule has 3 aromatic rings. The lowest BCUT2D eigenvalue weighted by Gasteiger charge is -2.13. The molecule has 3 rings (SSSR count). The first-order valence-electron chi connectivity index (χ1n) is 8.68. The van der Waals surface area contributed by atoms with Gasteiger partial charge in [0, 0.05) is 11.1 Å². The Morgan fingerprint density at radius 1 is 0.562 bits per heavy atom. The number of nitriles is 2. The number of ketones is 2. The lowest BCUT2D eigenvalue weighted by molar-refractivity contribution is 0.0999. The molecule has 0 aliphatic heterocycles. The first-order chi connectivity index (χ1) is 15.1. The maximum atomic E-state index is 13.1. The van der Waals surface area contributed by atoms with E-state index in [0.717, 1.165) is 12.1 Å². The van der Waals surface area contributed by atoms with E-state index in [1.165, 1.54) is 24.3 Å². The van der Waals surface area contributed by atoms with Gasteiger partial charge in [0.1, 0.15) is 12.1 Å². The van der Waals surface area contributed by atoms with Gasteiger partial charge in [-0.15, -0.1) is 0 Å². The fourth-order valence-corrected chi connectivity index (χ4v) is 2.98. The molecule has 0 aliphatic rings. The largest absolute Gasteiger partial charge is 0.504 e. The molecule has 0 radical (unpaired) electrons. The number of nitrogens with zero attached hydrogens (tertiary/aromatic N) is 2. The zero-order valence-electron chi connectivity index (χ0n) is 15.9. The molecule has 10 nitrogen and oxygen atoms in total. The summed E-state index contributed by atoms with van der Waals surface area (Å²) in [5.74, 6) is -8.13. The van der Waals surface area contributed by atoms with E-state index in [2.05, 4.69) is 0 Å². The van der Waals surface area contributed by atoms with Crippen molar-refractivity contribution in [1.29, 1.82) is 10.5 Å². The molecule has 0 saturated heterocycles. The average molecular weight is 432 g/mol. The number of benzene rings is 3. The molecule has 10 heteroatoms. The van der Waals surface area contributed by atoms with E-state index in [-0.39, 0.29) is 11.1 Å². The van der Waals surface area contributed by atoms with Crippen LogP contribution in [-0.4, -0.2) is 42.2 Å². The molecule has 0 bridgehead atoms. The van der Waals surface area contributed by atoms with Crippen molar-refractivity contribution in [1.82, 2.24) is 0 Å². The summed E-state index contributed by atoms with van der Waals surface area (Å²) in [4.78, 5) is 26.1. The molecule has 0 aromatic heterocycles. The van der Waals surface area contributed by atoms with E-state index >= 15 is 0 Å². The van der Waals surface area contributed by atoms with E-state index in [9.17, 15) is 40.2 Å². The molecule has 0 atom stereocenters. The maximum absolute atomic E-state index is 13.1. The van der Waals surface area contributed by atoms with E-state index < -0.39 is 68.3 Å². The minimum atomic E-state index is -1.10. The smallest absolute Gasteiger partial charge is 0.202 e. The lowest BCUT2D eigenvalue weighted by Crippen LogP contribution is -2.12. The summed E-state index contributed by atoms with van der Waals surface area (Å²) in [6.45, 7) is 0. The number of carbonyl (C=O) groups excluding carboxylic acids is 2. The van der Waals surface area contributed by atoms with Crippen LogP contribution in [0.1, 0.15) is 43.0 Å². The zero-order chi connectivity index (χ0) is 23.7. The standard InChI is InChI=1S/C22H12N2O8/c23-7-9-5-13(19(29)21(31)15(9)25)17(27)11-3-1-2-4-12(11)18(28)14-6-10(8-24)16(26)22(32)20(14)30/h1-6,25-26,29-32H. The molecule has 3 aromatic carbocycles. The SMILES string of the molecule is N#Cc1cc(C(=O)c2ccccc2C(=O)c2cc(C#N)c(O)c(O)c2O)c(O)c(O)c1O. The normalized spacial score (nSPS) is 10.2. The van der Waals surface area contributed by atoms with E-state index in [1.807, 2.05) is 0 Å². The highest BCUT2D eigenvalue weighted by atomic mass is 16.3. The Hall–Kier alpha value is -5.22. The van der Waals surface area contributed by atoms with Crippen LogP contribution in [0, 0.1) is 22.7 Å². The Kier molecular flexibility index (Phi) is 5.30. The van der Waals surface area contributed by atoms with Gasteiger partial charge in [0.05, 0.1) is 22.3 Å². The lowest BCUT2D eigenvalue weighted by atomic mass is 9.91. The number of phenolic OH excluding ortho intramolecular Hbond substituents is 6. The number of carbonyl (C=O) groups is 2. The third-order valence-corrected chi connectivity index (χ3v) is 4.64. The van der Waals surface area contributed by atoms with Crippen LogP contribution in [0.4, 0.5) is 0 Å². The third kappa shape index (κ3) is 3.24. The monoisotopic (exact) mass is 432 g/mol. The van der Waals surface area contributed by atoms with Crippen molar-refractivity contribution >= 4 is 11.6 Å². The molecule has 6 N–H and O–H groups in total. The molecule has 0 fully saturated rings. The quantitative estimate of drug-likeness (QED) is 0.262. The van der Waals surface area contributed by atoms with E-state index in [4.69, 9.17) is 10.5 Å². The van der Waals surface area contributed by atoms with E-state index in [0.29, 0.717) is 0 Å². The molecule has 0 aliphatic carbocycles. The molecule has 0 unspecified atom stereocenters. The Morgan fingerprint density at radius 3 is 1.22 bits per heavy atom. The van der Waals surface area contributed by atoms with Crippen LogP contribution in [0.15, 0.2) is 36.4 Å². The van der Waals surface area contributed by atoms with Crippen LogP contribution in [0.2, 0.25) is 0 Å². The van der Waals surface area contributed by atoms with Crippen molar-refractivity contribution in [2.75, 3.05) is 0 Å².